The number of hydrogen-bond donors (Lipinski definition) is 1. The Kier molecular flexibility index (Phi) is 4.92. The van der Waals surface area contributed by atoms with Crippen LogP contribution in [0.25, 0.3) is 5.57 Å². The van der Waals surface area contributed by atoms with Crippen LogP contribution in [-0.4, -0.2) is 9.55 Å². The first-order valence-electron chi connectivity index (χ1n) is 8.30. The molecule has 0 aliphatic heterocycles. The monoisotopic (exact) mass is 317 g/mol. The van der Waals surface area contributed by atoms with Crippen molar-refractivity contribution in [3.63, 3.8) is 0 Å². The van der Waals surface area contributed by atoms with Gasteiger partial charge >= 0.3 is 0 Å². The van der Waals surface area contributed by atoms with Gasteiger partial charge in [-0.3, -0.25) is 0 Å². The van der Waals surface area contributed by atoms with Gasteiger partial charge in [-0.05, 0) is 28.7 Å². The fourth-order valence-corrected chi connectivity index (χ4v) is 3.10. The molecule has 0 atom stereocenters. The van der Waals surface area contributed by atoms with Crippen molar-refractivity contribution in [3.8, 4) is 0 Å². The van der Waals surface area contributed by atoms with Crippen LogP contribution in [0.1, 0.15) is 35.0 Å². The number of aryl methyl sites for hydroxylation is 1. The molecule has 3 heteroatoms. The van der Waals surface area contributed by atoms with Crippen molar-refractivity contribution in [1.82, 2.24) is 9.55 Å². The molecular weight excluding hydrogens is 294 g/mol. The second-order valence-electron chi connectivity index (χ2n) is 5.84. The number of nitrogens with two attached hydrogens (primary N) is 1. The molecule has 0 saturated carbocycles. The lowest BCUT2D eigenvalue weighted by Crippen LogP contribution is -2.09. The Morgan fingerprint density at radius 3 is 2.62 bits per heavy atom. The molecule has 3 rings (SSSR count). The van der Waals surface area contributed by atoms with E-state index in [-0.39, 0.29) is 0 Å². The van der Waals surface area contributed by atoms with Gasteiger partial charge in [0.15, 0.2) is 0 Å². The molecule has 122 valence electrons. The van der Waals surface area contributed by atoms with E-state index in [4.69, 9.17) is 5.73 Å². The molecule has 3 aromatic rings. The number of benzene rings is 2. The molecule has 2 aromatic carbocycles. The van der Waals surface area contributed by atoms with Crippen LogP contribution >= 0.6 is 0 Å². The van der Waals surface area contributed by atoms with E-state index in [0.717, 1.165) is 29.9 Å². The summed E-state index contributed by atoms with van der Waals surface area (Å²) in [5.74, 6) is 0.891. The molecule has 0 radical (unpaired) electrons. The van der Waals surface area contributed by atoms with E-state index in [0.29, 0.717) is 6.54 Å². The second-order valence-corrected chi connectivity index (χ2v) is 5.84. The van der Waals surface area contributed by atoms with Gasteiger partial charge in [-0.2, -0.15) is 0 Å². The Labute approximate surface area is 143 Å². The summed E-state index contributed by atoms with van der Waals surface area (Å²) in [4.78, 5) is 4.54. The number of hydrogen-bond acceptors (Lipinski definition) is 2. The minimum Gasteiger partial charge on any atom is -0.327 e. The zero-order valence-corrected chi connectivity index (χ0v) is 14.1. The topological polar surface area (TPSA) is 43.8 Å². The average Bonchev–Trinajstić information content (AvgIpc) is 3.09. The van der Waals surface area contributed by atoms with E-state index >= 15 is 0 Å². The van der Waals surface area contributed by atoms with Crippen LogP contribution in [0.5, 0.6) is 0 Å². The largest absolute Gasteiger partial charge is 0.327 e. The highest BCUT2D eigenvalue weighted by Gasteiger charge is 2.14. The predicted molar refractivity (Wildman–Crippen MR) is 99.6 cm³/mol. The van der Waals surface area contributed by atoms with E-state index < -0.39 is 0 Å². The van der Waals surface area contributed by atoms with Crippen molar-refractivity contribution in [1.29, 1.82) is 0 Å². The summed E-state index contributed by atoms with van der Waals surface area (Å²) in [5.41, 5.74) is 11.7. The highest BCUT2D eigenvalue weighted by Crippen LogP contribution is 2.26. The fourth-order valence-electron chi connectivity index (χ4n) is 3.10. The summed E-state index contributed by atoms with van der Waals surface area (Å²) in [5, 5.41) is 0. The van der Waals surface area contributed by atoms with E-state index in [1.54, 1.807) is 0 Å². The molecule has 0 aliphatic carbocycles. The van der Waals surface area contributed by atoms with Gasteiger partial charge in [0.05, 0.1) is 0 Å². The maximum absolute atomic E-state index is 6.01. The lowest BCUT2D eigenvalue weighted by atomic mass is 9.94. The van der Waals surface area contributed by atoms with Crippen LogP contribution in [0.2, 0.25) is 0 Å². The third kappa shape index (κ3) is 3.17. The molecule has 24 heavy (non-hydrogen) atoms. The van der Waals surface area contributed by atoms with E-state index in [1.807, 2.05) is 18.5 Å². The third-order valence-electron chi connectivity index (χ3n) is 4.36. The second kappa shape index (κ2) is 7.28. The molecule has 0 aliphatic rings. The van der Waals surface area contributed by atoms with Gasteiger partial charge in [0.1, 0.15) is 5.82 Å². The van der Waals surface area contributed by atoms with Crippen molar-refractivity contribution in [2.24, 2.45) is 5.73 Å². The number of nitrogens with zero attached hydrogens (tertiary/aromatic N) is 2. The van der Waals surface area contributed by atoms with Crippen LogP contribution < -0.4 is 5.73 Å². The van der Waals surface area contributed by atoms with Gasteiger partial charge in [-0.15, -0.1) is 0 Å². The molecule has 1 aromatic heterocycles. The van der Waals surface area contributed by atoms with E-state index in [1.165, 1.54) is 16.7 Å². The molecule has 0 fully saturated rings. The summed E-state index contributed by atoms with van der Waals surface area (Å²) in [7, 11) is 0. The van der Waals surface area contributed by atoms with Crippen molar-refractivity contribution < 1.29 is 0 Å². The molecule has 0 spiro atoms. The SMILES string of the molecule is C=C(c1cccc(CC)c1CN)c1nccn1Cc1ccccc1. The minimum atomic E-state index is 0.512. The molecule has 1 heterocycles. The van der Waals surface area contributed by atoms with Crippen molar-refractivity contribution in [2.75, 3.05) is 0 Å². The lowest BCUT2D eigenvalue weighted by Gasteiger charge is -2.16. The normalized spacial score (nSPS) is 10.8. The van der Waals surface area contributed by atoms with E-state index in [2.05, 4.69) is 65.5 Å². The quantitative estimate of drug-likeness (QED) is 0.746. The van der Waals surface area contributed by atoms with Crippen LogP contribution in [-0.2, 0) is 19.5 Å². The Morgan fingerprint density at radius 1 is 1.12 bits per heavy atom. The lowest BCUT2D eigenvalue weighted by molar-refractivity contribution is 0.783. The van der Waals surface area contributed by atoms with Crippen LogP contribution in [0.3, 0.4) is 0 Å². The van der Waals surface area contributed by atoms with Gasteiger partial charge in [0, 0.05) is 31.1 Å². The average molecular weight is 317 g/mol. The number of imidazole rings is 1. The predicted octanol–water partition coefficient (Wildman–Crippen LogP) is 4.01. The van der Waals surface area contributed by atoms with E-state index in [9.17, 15) is 0 Å². The minimum absolute atomic E-state index is 0.512. The molecular formula is C21H23N3. The van der Waals surface area contributed by atoms with Gasteiger partial charge < -0.3 is 10.3 Å². The first kappa shape index (κ1) is 16.2. The standard InChI is InChI=1S/C21H23N3/c1-3-18-10-7-11-19(20(18)14-22)16(2)21-23-12-13-24(21)15-17-8-5-4-6-9-17/h4-13H,2-3,14-15,22H2,1H3. The highest BCUT2D eigenvalue weighted by atomic mass is 15.1. The zero-order valence-electron chi connectivity index (χ0n) is 14.1. The summed E-state index contributed by atoms with van der Waals surface area (Å²) in [6.07, 6.45) is 4.79. The molecule has 0 amide bonds. The number of aromatic nitrogens is 2. The smallest absolute Gasteiger partial charge is 0.140 e. The molecule has 2 N–H and O–H groups in total. The molecule has 3 nitrogen and oxygen atoms in total. The molecule has 0 bridgehead atoms. The van der Waals surface area contributed by atoms with Crippen molar-refractivity contribution in [3.05, 3.63) is 95.6 Å². The van der Waals surface area contributed by atoms with Crippen LogP contribution in [0.4, 0.5) is 0 Å². The van der Waals surface area contributed by atoms with Gasteiger partial charge in [-0.1, -0.05) is 62.0 Å². The first-order chi connectivity index (χ1) is 11.7. The van der Waals surface area contributed by atoms with Crippen molar-refractivity contribution in [2.45, 2.75) is 26.4 Å². The van der Waals surface area contributed by atoms with Crippen molar-refractivity contribution >= 4 is 5.57 Å². The molecule has 0 saturated heterocycles. The summed E-state index contributed by atoms with van der Waals surface area (Å²) >= 11 is 0. The third-order valence-corrected chi connectivity index (χ3v) is 4.36. The summed E-state index contributed by atoms with van der Waals surface area (Å²) < 4.78 is 2.14. The Bertz CT molecular complexity index is 831. The van der Waals surface area contributed by atoms with Gasteiger partial charge in [-0.25, -0.2) is 4.98 Å². The number of rotatable bonds is 6. The van der Waals surface area contributed by atoms with Gasteiger partial charge in [0.25, 0.3) is 0 Å². The summed E-state index contributed by atoms with van der Waals surface area (Å²) in [6.45, 7) is 7.76. The Balaban J connectivity index is 1.96. The maximum atomic E-state index is 6.01. The van der Waals surface area contributed by atoms with Crippen LogP contribution in [0, 0.1) is 0 Å². The Morgan fingerprint density at radius 2 is 1.92 bits per heavy atom. The zero-order chi connectivity index (χ0) is 16.9. The first-order valence-corrected chi connectivity index (χ1v) is 8.30. The van der Waals surface area contributed by atoms with Gasteiger partial charge in [0.2, 0.25) is 0 Å². The summed E-state index contributed by atoms with van der Waals surface area (Å²) in [6, 6.07) is 16.7. The maximum Gasteiger partial charge on any atom is 0.140 e. The van der Waals surface area contributed by atoms with Crippen LogP contribution in [0.15, 0.2) is 67.5 Å². The fraction of sp³-hybridized carbons (Fsp3) is 0.190. The highest BCUT2D eigenvalue weighted by molar-refractivity contribution is 5.77. The molecule has 0 unspecified atom stereocenters. The Hall–Kier alpha value is -2.65.